The third-order valence-electron chi connectivity index (χ3n) is 4.04. The van der Waals surface area contributed by atoms with Gasteiger partial charge in [-0.25, -0.2) is 0 Å². The first kappa shape index (κ1) is 13.7. The summed E-state index contributed by atoms with van der Waals surface area (Å²) in [5.41, 5.74) is -2.73. The van der Waals surface area contributed by atoms with Crippen LogP contribution in [-0.2, 0) is 4.74 Å². The Hall–Kier alpha value is -1.70. The number of hydrogen-bond donors (Lipinski definition) is 0. The van der Waals surface area contributed by atoms with Crippen molar-refractivity contribution in [2.45, 2.75) is 30.8 Å². The first-order valence-electron chi connectivity index (χ1n) is 6.14. The molecule has 2 rings (SSSR count). The van der Waals surface area contributed by atoms with Crippen molar-refractivity contribution >= 4 is 0 Å². The van der Waals surface area contributed by atoms with Crippen molar-refractivity contribution in [1.82, 2.24) is 4.90 Å². The van der Waals surface area contributed by atoms with E-state index in [1.807, 2.05) is 6.92 Å². The van der Waals surface area contributed by atoms with Crippen molar-refractivity contribution in [1.29, 1.82) is 0 Å². The molecule has 2 aliphatic rings. The van der Waals surface area contributed by atoms with E-state index in [4.69, 9.17) is 4.74 Å². The quantitative estimate of drug-likeness (QED) is 0.550. The topological polar surface area (TPSA) is 98.8 Å². The van der Waals surface area contributed by atoms with E-state index in [1.54, 1.807) is 4.90 Å². The second-order valence-corrected chi connectivity index (χ2v) is 5.31. The largest absolute Gasteiger partial charge is 0.501 e. The Kier molecular flexibility index (Phi) is 3.21. The number of nitro groups is 2. The Bertz CT molecular complexity index is 452. The molecule has 1 fully saturated rings. The number of nitrogens with zero attached hydrogens (tertiary/aromatic N) is 3. The van der Waals surface area contributed by atoms with Gasteiger partial charge in [0.2, 0.25) is 5.54 Å². The van der Waals surface area contributed by atoms with Crippen LogP contribution in [0, 0.1) is 20.2 Å². The summed E-state index contributed by atoms with van der Waals surface area (Å²) in [6.07, 6.45) is 1.50. The van der Waals surface area contributed by atoms with Gasteiger partial charge in [-0.2, -0.15) is 0 Å². The Morgan fingerprint density at radius 2 is 2.05 bits per heavy atom. The van der Waals surface area contributed by atoms with E-state index in [0.29, 0.717) is 12.3 Å². The number of likely N-dealkylation sites (tertiary alicyclic amines) is 1. The highest BCUT2D eigenvalue weighted by molar-refractivity contribution is 5.21. The van der Waals surface area contributed by atoms with E-state index in [9.17, 15) is 20.2 Å². The molecule has 1 saturated heterocycles. The van der Waals surface area contributed by atoms with Crippen molar-refractivity contribution in [3.63, 3.8) is 0 Å². The molecule has 0 aromatic carbocycles. The molecular weight excluding hydrogens is 254 g/mol. The second kappa shape index (κ2) is 4.44. The van der Waals surface area contributed by atoms with E-state index < -0.39 is 16.0 Å². The van der Waals surface area contributed by atoms with Crippen LogP contribution in [0.25, 0.3) is 0 Å². The van der Waals surface area contributed by atoms with Crippen LogP contribution in [0.1, 0.15) is 19.8 Å². The van der Waals surface area contributed by atoms with Gasteiger partial charge in [-0.3, -0.25) is 25.1 Å². The van der Waals surface area contributed by atoms with Gasteiger partial charge in [0.1, 0.15) is 5.76 Å². The zero-order valence-corrected chi connectivity index (χ0v) is 11.0. The average Bonchev–Trinajstić information content (AvgIpc) is 2.36. The predicted molar refractivity (Wildman–Crippen MR) is 65.9 cm³/mol. The van der Waals surface area contributed by atoms with Crippen molar-refractivity contribution < 1.29 is 14.6 Å². The van der Waals surface area contributed by atoms with Crippen LogP contribution in [-0.4, -0.2) is 52.6 Å². The van der Waals surface area contributed by atoms with Crippen LogP contribution in [0.15, 0.2) is 11.8 Å². The summed E-state index contributed by atoms with van der Waals surface area (Å²) in [7, 11) is 1.39. The van der Waals surface area contributed by atoms with Crippen LogP contribution in [0.4, 0.5) is 0 Å². The van der Waals surface area contributed by atoms with Gasteiger partial charge in [-0.05, 0) is 6.54 Å². The molecule has 0 aromatic rings. The number of methoxy groups -OCH3 is 1. The number of piperidine rings is 1. The summed E-state index contributed by atoms with van der Waals surface area (Å²) in [6, 6.07) is 0. The lowest BCUT2D eigenvalue weighted by atomic mass is 9.71. The minimum atomic E-state index is -1.41. The molecule has 106 valence electrons. The highest BCUT2D eigenvalue weighted by atomic mass is 16.6. The SMILES string of the molecule is CCN1CC2([N+](=O)[O-])C=C(OC)CC([N+](=O)[O-])(C1)C2. The Balaban J connectivity index is 2.51. The number of likely N-dealkylation sites (N-methyl/N-ethyl adjacent to an activating group) is 1. The van der Waals surface area contributed by atoms with E-state index in [2.05, 4.69) is 0 Å². The fourth-order valence-corrected chi connectivity index (χ4v) is 3.15. The summed E-state index contributed by atoms with van der Waals surface area (Å²) in [4.78, 5) is 23.9. The van der Waals surface area contributed by atoms with Gasteiger partial charge in [-0.1, -0.05) is 6.92 Å². The van der Waals surface area contributed by atoms with Crippen molar-refractivity contribution in [3.8, 4) is 0 Å². The predicted octanol–water partition coefficient (Wildman–Crippen LogP) is 0.677. The summed E-state index contributed by atoms with van der Waals surface area (Å²) in [5, 5.41) is 22.9. The number of ether oxygens (including phenoxy) is 1. The molecule has 1 aliphatic carbocycles. The van der Waals surface area contributed by atoms with Gasteiger partial charge in [-0.15, -0.1) is 0 Å². The van der Waals surface area contributed by atoms with Gasteiger partial charge in [0.25, 0.3) is 5.54 Å². The number of hydrogen-bond acceptors (Lipinski definition) is 6. The normalized spacial score (nSPS) is 34.5. The molecule has 0 N–H and O–H groups in total. The lowest BCUT2D eigenvalue weighted by Crippen LogP contribution is -2.66. The third kappa shape index (κ3) is 2.05. The second-order valence-electron chi connectivity index (χ2n) is 5.31. The maximum absolute atomic E-state index is 11.4. The van der Waals surface area contributed by atoms with Gasteiger partial charge >= 0.3 is 0 Å². The molecule has 0 radical (unpaired) electrons. The third-order valence-corrected chi connectivity index (χ3v) is 4.04. The molecule has 2 bridgehead atoms. The summed E-state index contributed by atoms with van der Waals surface area (Å²) < 4.78 is 5.08. The van der Waals surface area contributed by atoms with E-state index in [0.717, 1.165) is 0 Å². The zero-order valence-electron chi connectivity index (χ0n) is 11.0. The van der Waals surface area contributed by atoms with Crippen LogP contribution in [0.3, 0.4) is 0 Å². The summed E-state index contributed by atoms with van der Waals surface area (Å²) >= 11 is 0. The van der Waals surface area contributed by atoms with Crippen LogP contribution >= 0.6 is 0 Å². The molecule has 0 spiro atoms. The van der Waals surface area contributed by atoms with E-state index >= 15 is 0 Å². The number of fused-ring (bicyclic) bond motifs is 2. The monoisotopic (exact) mass is 271 g/mol. The van der Waals surface area contributed by atoms with Gasteiger partial charge in [0.15, 0.2) is 0 Å². The summed E-state index contributed by atoms with van der Waals surface area (Å²) in [6.45, 7) is 2.83. The Morgan fingerprint density at radius 3 is 2.53 bits per heavy atom. The van der Waals surface area contributed by atoms with Gasteiger partial charge < -0.3 is 4.74 Å². The maximum Gasteiger partial charge on any atom is 0.263 e. The fraction of sp³-hybridized carbons (Fsp3) is 0.818. The van der Waals surface area contributed by atoms with Crippen molar-refractivity contribution in [3.05, 3.63) is 32.1 Å². The number of rotatable bonds is 4. The molecule has 8 heteroatoms. The Labute approximate surface area is 110 Å². The molecule has 0 saturated carbocycles. The fourth-order valence-electron chi connectivity index (χ4n) is 3.15. The first-order valence-corrected chi connectivity index (χ1v) is 6.14. The molecule has 8 nitrogen and oxygen atoms in total. The molecule has 0 aromatic heterocycles. The first-order chi connectivity index (χ1) is 8.87. The van der Waals surface area contributed by atoms with Gasteiger partial charge in [0.05, 0.1) is 33.0 Å². The van der Waals surface area contributed by atoms with Gasteiger partial charge in [0, 0.05) is 15.9 Å². The molecule has 2 atom stereocenters. The molecule has 19 heavy (non-hydrogen) atoms. The minimum absolute atomic E-state index is 0.0661. The standard InChI is InChI=1S/C11H17N3O5/c1-3-12-7-10(13(15)16)4-9(19-2)5-11(6-10,8-12)14(17)18/h4H,3,5-8H2,1-2H3. The molecule has 2 unspecified atom stereocenters. The maximum atomic E-state index is 11.4. The van der Waals surface area contributed by atoms with E-state index in [-0.39, 0.29) is 30.9 Å². The average molecular weight is 271 g/mol. The molecule has 1 heterocycles. The smallest absolute Gasteiger partial charge is 0.263 e. The van der Waals surface area contributed by atoms with Crippen molar-refractivity contribution in [2.24, 2.45) is 0 Å². The highest BCUT2D eigenvalue weighted by Crippen LogP contribution is 2.43. The van der Waals surface area contributed by atoms with Crippen LogP contribution < -0.4 is 0 Å². The molecular formula is C11H17N3O5. The van der Waals surface area contributed by atoms with Crippen LogP contribution in [0.2, 0.25) is 0 Å². The minimum Gasteiger partial charge on any atom is -0.501 e. The highest BCUT2D eigenvalue weighted by Gasteiger charge is 2.64. The lowest BCUT2D eigenvalue weighted by molar-refractivity contribution is -0.620. The summed E-state index contributed by atoms with van der Waals surface area (Å²) in [5.74, 6) is 0.343. The zero-order chi connectivity index (χ0) is 14.3. The van der Waals surface area contributed by atoms with Crippen molar-refractivity contribution in [2.75, 3.05) is 26.7 Å². The molecule has 1 aliphatic heterocycles. The van der Waals surface area contributed by atoms with Crippen LogP contribution in [0.5, 0.6) is 0 Å². The Morgan fingerprint density at radius 1 is 1.37 bits per heavy atom. The van der Waals surface area contributed by atoms with E-state index in [1.165, 1.54) is 13.2 Å². The molecule has 0 amide bonds. The lowest BCUT2D eigenvalue weighted by Gasteiger charge is -2.44.